The first-order valence-electron chi connectivity index (χ1n) is 5.54. The molecule has 0 aliphatic carbocycles. The number of ether oxygens (including phenoxy) is 1. The lowest BCUT2D eigenvalue weighted by Crippen LogP contribution is -2.30. The minimum Gasteiger partial charge on any atom is -0.493 e. The van der Waals surface area contributed by atoms with Crippen molar-refractivity contribution in [2.24, 2.45) is 5.92 Å². The Labute approximate surface area is 118 Å². The molecule has 1 aliphatic rings. The van der Waals surface area contributed by atoms with Crippen molar-refractivity contribution in [3.8, 4) is 5.75 Å². The van der Waals surface area contributed by atoms with Gasteiger partial charge in [0.1, 0.15) is 5.75 Å². The molecule has 0 bridgehead atoms. The lowest BCUT2D eigenvalue weighted by atomic mass is 9.99. The predicted octanol–water partition coefficient (Wildman–Crippen LogP) is 3.79. The summed E-state index contributed by atoms with van der Waals surface area (Å²) in [6.45, 7) is 2.95. The lowest BCUT2D eigenvalue weighted by Gasteiger charge is -2.22. The zero-order valence-corrected chi connectivity index (χ0v) is 11.7. The van der Waals surface area contributed by atoms with Crippen LogP contribution in [0.4, 0.5) is 0 Å². The molecule has 1 saturated heterocycles. The molecular formula is C12H16Cl3NO. The summed E-state index contributed by atoms with van der Waals surface area (Å²) < 4.78 is 5.71. The third-order valence-electron chi connectivity index (χ3n) is 2.84. The van der Waals surface area contributed by atoms with Gasteiger partial charge < -0.3 is 10.1 Å². The van der Waals surface area contributed by atoms with Crippen LogP contribution in [0.5, 0.6) is 5.75 Å². The second kappa shape index (κ2) is 7.32. The Morgan fingerprint density at radius 3 is 2.53 bits per heavy atom. The summed E-state index contributed by atoms with van der Waals surface area (Å²) in [6.07, 6.45) is 2.36. The summed E-state index contributed by atoms with van der Waals surface area (Å²) in [5, 5.41) is 4.45. The van der Waals surface area contributed by atoms with Crippen molar-refractivity contribution in [2.75, 3.05) is 19.7 Å². The van der Waals surface area contributed by atoms with Gasteiger partial charge in [-0.25, -0.2) is 0 Å². The molecule has 1 aliphatic heterocycles. The molecule has 96 valence electrons. The van der Waals surface area contributed by atoms with E-state index in [0.717, 1.165) is 25.4 Å². The van der Waals surface area contributed by atoms with Gasteiger partial charge in [-0.1, -0.05) is 23.2 Å². The van der Waals surface area contributed by atoms with Crippen LogP contribution in [0.2, 0.25) is 10.0 Å². The number of halogens is 3. The molecule has 0 amide bonds. The molecule has 0 aromatic heterocycles. The van der Waals surface area contributed by atoms with E-state index in [1.54, 1.807) is 12.1 Å². The molecule has 0 atom stereocenters. The fraction of sp³-hybridized carbons (Fsp3) is 0.500. The number of benzene rings is 1. The molecule has 0 unspecified atom stereocenters. The quantitative estimate of drug-likeness (QED) is 0.916. The maximum absolute atomic E-state index is 5.91. The average molecular weight is 297 g/mol. The summed E-state index contributed by atoms with van der Waals surface area (Å²) >= 11 is 11.7. The van der Waals surface area contributed by atoms with Gasteiger partial charge in [-0.05, 0) is 44.0 Å². The molecule has 2 nitrogen and oxygen atoms in total. The summed E-state index contributed by atoms with van der Waals surface area (Å²) in [6, 6.07) is 5.39. The summed E-state index contributed by atoms with van der Waals surface area (Å²) in [5.41, 5.74) is 0. The number of hydrogen-bond donors (Lipinski definition) is 1. The maximum atomic E-state index is 5.91. The van der Waals surface area contributed by atoms with Crippen LogP contribution in [0.3, 0.4) is 0 Å². The standard InChI is InChI=1S/C12H15Cl2NO.ClH/c13-11-2-1-10(7-12(11)14)16-8-9-3-5-15-6-4-9;/h1-2,7,9,15H,3-6,8H2;1H. The number of piperidine rings is 1. The van der Waals surface area contributed by atoms with Gasteiger partial charge in [0.15, 0.2) is 0 Å². The van der Waals surface area contributed by atoms with Gasteiger partial charge in [0.05, 0.1) is 16.7 Å². The van der Waals surface area contributed by atoms with Crippen LogP contribution in [0.1, 0.15) is 12.8 Å². The van der Waals surface area contributed by atoms with E-state index in [9.17, 15) is 0 Å². The SMILES string of the molecule is Cl.Clc1ccc(OCC2CCNCC2)cc1Cl. The van der Waals surface area contributed by atoms with Crippen LogP contribution in [-0.2, 0) is 0 Å². The minimum absolute atomic E-state index is 0. The molecule has 1 aromatic rings. The highest BCUT2D eigenvalue weighted by molar-refractivity contribution is 6.42. The van der Waals surface area contributed by atoms with Crippen molar-refractivity contribution in [2.45, 2.75) is 12.8 Å². The van der Waals surface area contributed by atoms with Crippen LogP contribution in [0.25, 0.3) is 0 Å². The molecule has 5 heteroatoms. The number of hydrogen-bond acceptors (Lipinski definition) is 2. The molecule has 2 rings (SSSR count). The third kappa shape index (κ3) is 4.55. The van der Waals surface area contributed by atoms with E-state index in [1.807, 2.05) is 6.07 Å². The molecular weight excluding hydrogens is 280 g/mol. The first-order valence-corrected chi connectivity index (χ1v) is 6.30. The number of rotatable bonds is 3. The van der Waals surface area contributed by atoms with Gasteiger partial charge >= 0.3 is 0 Å². The highest BCUT2D eigenvalue weighted by atomic mass is 35.5. The minimum atomic E-state index is 0. The smallest absolute Gasteiger partial charge is 0.120 e. The van der Waals surface area contributed by atoms with E-state index >= 15 is 0 Å². The Balaban J connectivity index is 0.00000144. The topological polar surface area (TPSA) is 21.3 Å². The van der Waals surface area contributed by atoms with Gasteiger partial charge in [-0.3, -0.25) is 0 Å². The summed E-state index contributed by atoms with van der Waals surface area (Å²) in [7, 11) is 0. The predicted molar refractivity (Wildman–Crippen MR) is 74.8 cm³/mol. The van der Waals surface area contributed by atoms with Gasteiger partial charge in [-0.2, -0.15) is 0 Å². The largest absolute Gasteiger partial charge is 0.493 e. The summed E-state index contributed by atoms with van der Waals surface area (Å²) in [5.74, 6) is 1.45. The van der Waals surface area contributed by atoms with Crippen LogP contribution in [0.15, 0.2) is 18.2 Å². The van der Waals surface area contributed by atoms with Crippen molar-refractivity contribution in [3.05, 3.63) is 28.2 Å². The molecule has 0 saturated carbocycles. The van der Waals surface area contributed by atoms with Crippen LogP contribution >= 0.6 is 35.6 Å². The second-order valence-corrected chi connectivity index (χ2v) is 4.89. The number of nitrogens with one attached hydrogen (secondary N) is 1. The van der Waals surface area contributed by atoms with Crippen LogP contribution in [-0.4, -0.2) is 19.7 Å². The van der Waals surface area contributed by atoms with E-state index in [0.29, 0.717) is 16.0 Å². The van der Waals surface area contributed by atoms with Crippen molar-refractivity contribution < 1.29 is 4.74 Å². The van der Waals surface area contributed by atoms with E-state index in [1.165, 1.54) is 12.8 Å². The van der Waals surface area contributed by atoms with Gasteiger partial charge in [-0.15, -0.1) is 12.4 Å². The highest BCUT2D eigenvalue weighted by Gasteiger charge is 2.13. The highest BCUT2D eigenvalue weighted by Crippen LogP contribution is 2.26. The Morgan fingerprint density at radius 1 is 1.18 bits per heavy atom. The molecule has 17 heavy (non-hydrogen) atoms. The molecule has 1 heterocycles. The monoisotopic (exact) mass is 295 g/mol. The zero-order valence-electron chi connectivity index (χ0n) is 9.42. The molecule has 1 N–H and O–H groups in total. The normalized spacial score (nSPS) is 16.4. The average Bonchev–Trinajstić information content (AvgIpc) is 2.32. The van der Waals surface area contributed by atoms with Crippen molar-refractivity contribution in [1.29, 1.82) is 0 Å². The lowest BCUT2D eigenvalue weighted by molar-refractivity contribution is 0.215. The zero-order chi connectivity index (χ0) is 11.4. The summed E-state index contributed by atoms with van der Waals surface area (Å²) in [4.78, 5) is 0. The molecule has 0 radical (unpaired) electrons. The first kappa shape index (κ1) is 14.9. The van der Waals surface area contributed by atoms with Crippen molar-refractivity contribution in [1.82, 2.24) is 5.32 Å². The van der Waals surface area contributed by atoms with Crippen LogP contribution in [0, 0.1) is 5.92 Å². The van der Waals surface area contributed by atoms with E-state index in [-0.39, 0.29) is 12.4 Å². The third-order valence-corrected chi connectivity index (χ3v) is 3.57. The molecule has 1 fully saturated rings. The van der Waals surface area contributed by atoms with Gasteiger partial charge in [0, 0.05) is 6.07 Å². The second-order valence-electron chi connectivity index (χ2n) is 4.08. The molecule has 0 spiro atoms. The maximum Gasteiger partial charge on any atom is 0.120 e. The van der Waals surface area contributed by atoms with Gasteiger partial charge in [0.25, 0.3) is 0 Å². The fourth-order valence-electron chi connectivity index (χ4n) is 1.83. The van der Waals surface area contributed by atoms with E-state index in [2.05, 4.69) is 5.32 Å². The van der Waals surface area contributed by atoms with Crippen molar-refractivity contribution in [3.63, 3.8) is 0 Å². The fourth-order valence-corrected chi connectivity index (χ4v) is 2.12. The molecule has 1 aromatic carbocycles. The first-order chi connectivity index (χ1) is 7.75. The van der Waals surface area contributed by atoms with Crippen molar-refractivity contribution >= 4 is 35.6 Å². The van der Waals surface area contributed by atoms with E-state index < -0.39 is 0 Å². The Kier molecular flexibility index (Phi) is 6.42. The van der Waals surface area contributed by atoms with Gasteiger partial charge in [0.2, 0.25) is 0 Å². The van der Waals surface area contributed by atoms with E-state index in [4.69, 9.17) is 27.9 Å². The van der Waals surface area contributed by atoms with Crippen LogP contribution < -0.4 is 10.1 Å². The Hall–Kier alpha value is -0.150. The Morgan fingerprint density at radius 2 is 1.88 bits per heavy atom. The Bertz CT molecular complexity index is 354.